The van der Waals surface area contributed by atoms with E-state index in [4.69, 9.17) is 4.98 Å². The minimum Gasteiger partial charge on any atom is -0.293 e. The zero-order chi connectivity index (χ0) is 29.7. The average Bonchev–Trinajstić information content (AvgIpc) is 3.12. The van der Waals surface area contributed by atoms with Crippen LogP contribution in [0.4, 0.5) is 17.2 Å². The highest BCUT2D eigenvalue weighted by atomic mass is 15.2. The van der Waals surface area contributed by atoms with E-state index in [2.05, 4.69) is 169 Å². The number of hydrogen-bond acceptors (Lipinski definition) is 2. The van der Waals surface area contributed by atoms with Crippen molar-refractivity contribution >= 4 is 71.1 Å². The first kappa shape index (κ1) is 25.5. The second kappa shape index (κ2) is 10.3. The van der Waals surface area contributed by atoms with E-state index in [0.29, 0.717) is 0 Å². The Bertz CT molecular complexity index is 2490. The van der Waals surface area contributed by atoms with E-state index in [1.54, 1.807) is 0 Å². The summed E-state index contributed by atoms with van der Waals surface area (Å²) in [5.74, 6) is 0.915. The van der Waals surface area contributed by atoms with E-state index < -0.39 is 0 Å². The number of para-hydroxylation sites is 1. The van der Waals surface area contributed by atoms with Crippen molar-refractivity contribution in [1.29, 1.82) is 0 Å². The summed E-state index contributed by atoms with van der Waals surface area (Å²) in [6.07, 6.45) is 1.92. The molecule has 1 aromatic heterocycles. The number of pyridine rings is 1. The number of nitrogens with zero attached hydrogens (tertiary/aromatic N) is 2. The average molecular weight is 573 g/mol. The predicted octanol–water partition coefficient (Wildman–Crippen LogP) is 12.0. The van der Waals surface area contributed by atoms with Crippen molar-refractivity contribution in [1.82, 2.24) is 4.98 Å². The molecule has 45 heavy (non-hydrogen) atoms. The molecule has 2 heteroatoms. The van der Waals surface area contributed by atoms with E-state index in [1.807, 2.05) is 6.20 Å². The largest absolute Gasteiger partial charge is 0.293 e. The SMILES string of the molecule is c1ccc(N(c2nccc3ccccc23)c2c3ccccc3c(-c3cc4ccccc4c4ccccc34)c3ccccc23)cc1. The van der Waals surface area contributed by atoms with Gasteiger partial charge in [0.25, 0.3) is 0 Å². The summed E-state index contributed by atoms with van der Waals surface area (Å²) in [5, 5.41) is 12.1. The van der Waals surface area contributed by atoms with Crippen LogP contribution in [-0.2, 0) is 0 Å². The Morgan fingerprint density at radius 1 is 0.378 bits per heavy atom. The number of rotatable bonds is 4. The molecule has 0 amide bonds. The summed E-state index contributed by atoms with van der Waals surface area (Å²) in [6, 6.07) is 58.9. The van der Waals surface area contributed by atoms with Crippen LogP contribution in [0.25, 0.3) is 65.0 Å². The maximum Gasteiger partial charge on any atom is 0.145 e. The lowest BCUT2D eigenvalue weighted by Crippen LogP contribution is -2.13. The van der Waals surface area contributed by atoms with Crippen LogP contribution in [0.5, 0.6) is 0 Å². The van der Waals surface area contributed by atoms with E-state index in [9.17, 15) is 0 Å². The molecule has 0 aliphatic heterocycles. The third-order valence-electron chi connectivity index (χ3n) is 9.04. The highest BCUT2D eigenvalue weighted by Gasteiger charge is 2.24. The van der Waals surface area contributed by atoms with Crippen molar-refractivity contribution in [2.24, 2.45) is 0 Å². The van der Waals surface area contributed by atoms with Gasteiger partial charge in [0.1, 0.15) is 5.82 Å². The normalized spacial score (nSPS) is 11.6. The van der Waals surface area contributed by atoms with Gasteiger partial charge >= 0.3 is 0 Å². The molecule has 0 unspecified atom stereocenters. The van der Waals surface area contributed by atoms with Gasteiger partial charge in [0.15, 0.2) is 0 Å². The Balaban J connectivity index is 1.46. The van der Waals surface area contributed by atoms with Crippen molar-refractivity contribution in [3.63, 3.8) is 0 Å². The minimum atomic E-state index is 0.915. The van der Waals surface area contributed by atoms with Gasteiger partial charge in [-0.3, -0.25) is 4.90 Å². The highest BCUT2D eigenvalue weighted by Crippen LogP contribution is 2.50. The van der Waals surface area contributed by atoms with Crippen LogP contribution in [0.1, 0.15) is 0 Å². The van der Waals surface area contributed by atoms with Crippen molar-refractivity contribution in [3.8, 4) is 11.1 Å². The predicted molar refractivity (Wildman–Crippen MR) is 192 cm³/mol. The molecule has 2 nitrogen and oxygen atoms in total. The fourth-order valence-corrected chi connectivity index (χ4v) is 7.11. The Morgan fingerprint density at radius 3 is 1.58 bits per heavy atom. The molecule has 8 aromatic carbocycles. The zero-order valence-electron chi connectivity index (χ0n) is 24.6. The lowest BCUT2D eigenvalue weighted by atomic mass is 9.86. The molecule has 9 rings (SSSR count). The van der Waals surface area contributed by atoms with Crippen LogP contribution in [0.15, 0.2) is 170 Å². The second-order valence-corrected chi connectivity index (χ2v) is 11.5. The number of fused-ring (bicyclic) bond motifs is 6. The van der Waals surface area contributed by atoms with E-state index in [1.165, 1.54) is 54.2 Å². The molecule has 0 aliphatic rings. The molecule has 0 saturated heterocycles. The minimum absolute atomic E-state index is 0.915. The molecule has 1 heterocycles. The van der Waals surface area contributed by atoms with Crippen LogP contribution in [0.3, 0.4) is 0 Å². The first-order valence-electron chi connectivity index (χ1n) is 15.4. The number of hydrogen-bond donors (Lipinski definition) is 0. The molecule has 210 valence electrons. The maximum atomic E-state index is 5.06. The summed E-state index contributed by atoms with van der Waals surface area (Å²) >= 11 is 0. The molecule has 0 bridgehead atoms. The number of aromatic nitrogens is 1. The topological polar surface area (TPSA) is 16.1 Å². The van der Waals surface area contributed by atoms with Gasteiger partial charge in [-0.15, -0.1) is 0 Å². The molecule has 0 N–H and O–H groups in total. The lowest BCUT2D eigenvalue weighted by molar-refractivity contribution is 1.21. The second-order valence-electron chi connectivity index (χ2n) is 11.5. The Morgan fingerprint density at radius 2 is 0.889 bits per heavy atom. The first-order valence-corrected chi connectivity index (χ1v) is 15.4. The molecule has 0 aliphatic carbocycles. The highest BCUT2D eigenvalue weighted by molar-refractivity contribution is 6.26. The third-order valence-corrected chi connectivity index (χ3v) is 9.04. The summed E-state index contributed by atoms with van der Waals surface area (Å²) in [7, 11) is 0. The molecule has 9 aromatic rings. The monoisotopic (exact) mass is 572 g/mol. The smallest absolute Gasteiger partial charge is 0.145 e. The Kier molecular flexibility index (Phi) is 5.85. The van der Waals surface area contributed by atoms with Crippen LogP contribution in [-0.4, -0.2) is 4.98 Å². The van der Waals surface area contributed by atoms with Gasteiger partial charge in [-0.1, -0.05) is 140 Å². The van der Waals surface area contributed by atoms with Crippen LogP contribution in [0, 0.1) is 0 Å². The number of anilines is 3. The molecular weight excluding hydrogens is 544 g/mol. The van der Waals surface area contributed by atoms with Crippen molar-refractivity contribution in [2.75, 3.05) is 4.90 Å². The fraction of sp³-hybridized carbons (Fsp3) is 0. The van der Waals surface area contributed by atoms with Gasteiger partial charge in [-0.05, 0) is 73.1 Å². The molecule has 0 fully saturated rings. The van der Waals surface area contributed by atoms with E-state index in [0.717, 1.165) is 28.0 Å². The Hall–Kier alpha value is -5.99. The Labute approximate surface area is 261 Å². The number of benzene rings is 8. The van der Waals surface area contributed by atoms with Gasteiger partial charge in [-0.2, -0.15) is 0 Å². The standard InChI is InChI=1S/C43H28N2/c1-2-16-31(17-3-1)45(43-33-19-7-4-14-29(33)26-27-44-43)42-38-24-12-10-22-36(38)41(37-23-11-13-25-39(37)42)40-28-30-15-5-6-18-32(30)34-20-8-9-21-35(34)40/h1-28H. The molecule has 0 atom stereocenters. The van der Waals surface area contributed by atoms with E-state index in [-0.39, 0.29) is 0 Å². The van der Waals surface area contributed by atoms with Gasteiger partial charge in [-0.25, -0.2) is 4.98 Å². The fourth-order valence-electron chi connectivity index (χ4n) is 7.11. The van der Waals surface area contributed by atoms with Crippen molar-refractivity contribution < 1.29 is 0 Å². The van der Waals surface area contributed by atoms with Crippen molar-refractivity contribution in [2.45, 2.75) is 0 Å². The van der Waals surface area contributed by atoms with Crippen LogP contribution < -0.4 is 4.90 Å². The van der Waals surface area contributed by atoms with Gasteiger partial charge in [0, 0.05) is 28.0 Å². The van der Waals surface area contributed by atoms with Crippen LogP contribution >= 0.6 is 0 Å². The quantitative estimate of drug-likeness (QED) is 0.154. The molecule has 0 spiro atoms. The van der Waals surface area contributed by atoms with Gasteiger partial charge < -0.3 is 0 Å². The summed E-state index contributed by atoms with van der Waals surface area (Å²) in [6.45, 7) is 0. The van der Waals surface area contributed by atoms with E-state index >= 15 is 0 Å². The lowest BCUT2D eigenvalue weighted by Gasteiger charge is -2.29. The third kappa shape index (κ3) is 4.00. The first-order chi connectivity index (χ1) is 22.4. The maximum absolute atomic E-state index is 5.06. The molecule has 0 saturated carbocycles. The van der Waals surface area contributed by atoms with Crippen LogP contribution in [0.2, 0.25) is 0 Å². The molecular formula is C43H28N2. The zero-order valence-corrected chi connectivity index (χ0v) is 24.6. The summed E-state index contributed by atoms with van der Waals surface area (Å²) < 4.78 is 0. The van der Waals surface area contributed by atoms with Gasteiger partial charge in [0.2, 0.25) is 0 Å². The van der Waals surface area contributed by atoms with Gasteiger partial charge in [0.05, 0.1) is 5.69 Å². The van der Waals surface area contributed by atoms with Crippen molar-refractivity contribution in [3.05, 3.63) is 170 Å². The molecule has 0 radical (unpaired) electrons. The summed E-state index contributed by atoms with van der Waals surface area (Å²) in [5.41, 5.74) is 4.70. The summed E-state index contributed by atoms with van der Waals surface area (Å²) in [4.78, 5) is 7.41.